The molecule has 0 spiro atoms. The molecule has 0 saturated heterocycles. The van der Waals surface area contributed by atoms with Gasteiger partial charge in [0.2, 0.25) is 0 Å². The number of carbonyl (C=O) groups excluding carboxylic acids is 1. The lowest BCUT2D eigenvalue weighted by Crippen LogP contribution is -2.24. The van der Waals surface area contributed by atoms with Crippen molar-refractivity contribution in [2.75, 3.05) is 6.26 Å². The van der Waals surface area contributed by atoms with E-state index >= 15 is 0 Å². The van der Waals surface area contributed by atoms with Crippen molar-refractivity contribution >= 4 is 21.7 Å². The number of guanidine groups is 1. The third kappa shape index (κ3) is 3.60. The summed E-state index contributed by atoms with van der Waals surface area (Å²) in [7, 11) is -3.61. The van der Waals surface area contributed by atoms with Gasteiger partial charge in [0.15, 0.2) is 15.8 Å². The Labute approximate surface area is 140 Å². The van der Waals surface area contributed by atoms with Gasteiger partial charge in [-0.2, -0.15) is 4.99 Å². The number of hydrogen-bond acceptors (Lipinski definition) is 4. The Hall–Kier alpha value is -2.74. The van der Waals surface area contributed by atoms with E-state index in [2.05, 4.69) is 9.98 Å². The number of rotatable bonds is 4. The fourth-order valence-electron chi connectivity index (χ4n) is 2.50. The number of pyridine rings is 1. The molecule has 1 aromatic heterocycles. The van der Waals surface area contributed by atoms with Gasteiger partial charge in [0.1, 0.15) is 0 Å². The Bertz CT molecular complexity index is 902. The van der Waals surface area contributed by atoms with Crippen LogP contribution in [-0.4, -0.2) is 31.5 Å². The van der Waals surface area contributed by atoms with Crippen molar-refractivity contribution in [3.63, 3.8) is 0 Å². The van der Waals surface area contributed by atoms with Crippen LogP contribution in [0.5, 0.6) is 0 Å². The highest BCUT2D eigenvalue weighted by atomic mass is 32.2. The summed E-state index contributed by atoms with van der Waals surface area (Å²) in [5.74, 6) is -1.05. The first-order valence-corrected chi connectivity index (χ1v) is 9.06. The van der Waals surface area contributed by atoms with E-state index in [1.54, 1.807) is 37.4 Å². The summed E-state index contributed by atoms with van der Waals surface area (Å²) in [5, 5.41) is 0. The highest BCUT2D eigenvalue weighted by Gasteiger charge is 2.24. The Morgan fingerprint density at radius 3 is 2.42 bits per heavy atom. The first kappa shape index (κ1) is 17.6. The minimum absolute atomic E-state index is 0.0698. The average molecular weight is 346 g/mol. The van der Waals surface area contributed by atoms with Crippen molar-refractivity contribution in [1.29, 1.82) is 0 Å². The summed E-state index contributed by atoms with van der Waals surface area (Å²) in [6, 6.07) is 8.28. The molecule has 7 nitrogen and oxygen atoms in total. The van der Waals surface area contributed by atoms with Crippen LogP contribution in [0.1, 0.15) is 22.8 Å². The van der Waals surface area contributed by atoms with E-state index in [-0.39, 0.29) is 16.4 Å². The van der Waals surface area contributed by atoms with Crippen molar-refractivity contribution in [1.82, 2.24) is 4.98 Å². The monoisotopic (exact) mass is 346 g/mol. The minimum atomic E-state index is -3.61. The zero-order valence-electron chi connectivity index (χ0n) is 13.4. The third-order valence-corrected chi connectivity index (χ3v) is 4.59. The third-order valence-electron chi connectivity index (χ3n) is 3.39. The van der Waals surface area contributed by atoms with Gasteiger partial charge in [-0.05, 0) is 30.2 Å². The van der Waals surface area contributed by atoms with Crippen LogP contribution in [0.15, 0.2) is 46.4 Å². The van der Waals surface area contributed by atoms with Crippen LogP contribution >= 0.6 is 0 Å². The second-order valence-electron chi connectivity index (χ2n) is 5.15. The van der Waals surface area contributed by atoms with Crippen LogP contribution < -0.4 is 11.5 Å². The molecule has 0 atom stereocenters. The normalized spacial score (nSPS) is 11.1. The van der Waals surface area contributed by atoms with Gasteiger partial charge < -0.3 is 11.5 Å². The summed E-state index contributed by atoms with van der Waals surface area (Å²) in [4.78, 5) is 20.0. The Morgan fingerprint density at radius 2 is 1.92 bits per heavy atom. The molecule has 24 heavy (non-hydrogen) atoms. The molecule has 1 aromatic carbocycles. The maximum Gasteiger partial charge on any atom is 0.280 e. The van der Waals surface area contributed by atoms with Gasteiger partial charge in [0.05, 0.1) is 10.6 Å². The van der Waals surface area contributed by atoms with Crippen LogP contribution in [0.4, 0.5) is 0 Å². The lowest BCUT2D eigenvalue weighted by Gasteiger charge is -2.15. The molecular weight excluding hydrogens is 328 g/mol. The molecule has 4 N–H and O–H groups in total. The van der Waals surface area contributed by atoms with E-state index in [4.69, 9.17) is 11.5 Å². The maximum absolute atomic E-state index is 12.4. The highest BCUT2D eigenvalue weighted by molar-refractivity contribution is 7.91. The molecule has 0 aliphatic rings. The summed E-state index contributed by atoms with van der Waals surface area (Å²) >= 11 is 0. The first-order valence-electron chi connectivity index (χ1n) is 7.17. The van der Waals surface area contributed by atoms with Crippen LogP contribution in [0.25, 0.3) is 11.3 Å². The van der Waals surface area contributed by atoms with Crippen molar-refractivity contribution < 1.29 is 13.2 Å². The number of hydrogen-bond donors (Lipinski definition) is 2. The van der Waals surface area contributed by atoms with Gasteiger partial charge in [-0.1, -0.05) is 19.1 Å². The maximum atomic E-state index is 12.4. The Balaban J connectivity index is 2.83. The van der Waals surface area contributed by atoms with E-state index in [1.807, 2.05) is 0 Å². The highest BCUT2D eigenvalue weighted by Crippen LogP contribution is 2.32. The summed E-state index contributed by atoms with van der Waals surface area (Å²) < 4.78 is 24.8. The van der Waals surface area contributed by atoms with E-state index in [0.717, 1.165) is 6.26 Å². The number of aromatic nitrogens is 1. The predicted octanol–water partition coefficient (Wildman–Crippen LogP) is 1.13. The van der Waals surface area contributed by atoms with E-state index in [0.29, 0.717) is 23.2 Å². The fourth-order valence-corrected chi connectivity index (χ4v) is 3.78. The molecule has 0 fully saturated rings. The summed E-state index contributed by atoms with van der Waals surface area (Å²) in [6.45, 7) is 1.76. The van der Waals surface area contributed by atoms with Gasteiger partial charge >= 0.3 is 0 Å². The molecule has 1 amide bonds. The topological polar surface area (TPSA) is 128 Å². The molecule has 1 heterocycles. The van der Waals surface area contributed by atoms with E-state index in [1.165, 1.54) is 6.07 Å². The summed E-state index contributed by atoms with van der Waals surface area (Å²) in [6.07, 6.45) is 3.00. The molecule has 0 aliphatic carbocycles. The number of carbonyl (C=O) groups is 1. The molecular formula is C16H18N4O3S. The van der Waals surface area contributed by atoms with Crippen molar-refractivity contribution in [3.05, 3.63) is 47.7 Å². The van der Waals surface area contributed by atoms with Crippen LogP contribution in [-0.2, 0) is 16.3 Å². The molecule has 0 saturated carbocycles. The lowest BCUT2D eigenvalue weighted by atomic mass is 9.99. The van der Waals surface area contributed by atoms with Gasteiger partial charge in [-0.25, -0.2) is 8.42 Å². The number of benzene rings is 1. The van der Waals surface area contributed by atoms with Gasteiger partial charge in [0, 0.05) is 23.6 Å². The first-order chi connectivity index (χ1) is 11.3. The van der Waals surface area contributed by atoms with Gasteiger partial charge in [0.25, 0.3) is 5.91 Å². The number of nitrogens with two attached hydrogens (primary N) is 2. The number of aliphatic imine (C=N–C) groups is 1. The number of amides is 1. The predicted molar refractivity (Wildman–Crippen MR) is 92.3 cm³/mol. The molecule has 0 radical (unpaired) electrons. The average Bonchev–Trinajstić information content (AvgIpc) is 2.52. The Kier molecular flexibility index (Phi) is 4.99. The molecule has 0 bridgehead atoms. The molecule has 2 rings (SSSR count). The molecule has 8 heteroatoms. The van der Waals surface area contributed by atoms with Crippen molar-refractivity contribution in [2.24, 2.45) is 16.5 Å². The Morgan fingerprint density at radius 1 is 1.21 bits per heavy atom. The fraction of sp³-hybridized carbons (Fsp3) is 0.188. The van der Waals surface area contributed by atoms with Gasteiger partial charge in [-0.15, -0.1) is 0 Å². The van der Waals surface area contributed by atoms with Crippen molar-refractivity contribution in [2.45, 2.75) is 18.2 Å². The summed E-state index contributed by atoms with van der Waals surface area (Å²) in [5.41, 5.74) is 12.0. The zero-order chi connectivity index (χ0) is 17.9. The zero-order valence-corrected chi connectivity index (χ0v) is 14.2. The lowest BCUT2D eigenvalue weighted by molar-refractivity contribution is 0.100. The quantitative estimate of drug-likeness (QED) is 0.631. The van der Waals surface area contributed by atoms with Crippen LogP contribution in [0.3, 0.4) is 0 Å². The van der Waals surface area contributed by atoms with Crippen LogP contribution in [0.2, 0.25) is 0 Å². The second-order valence-corrected chi connectivity index (χ2v) is 7.10. The second kappa shape index (κ2) is 6.79. The minimum Gasteiger partial charge on any atom is -0.370 e. The largest absolute Gasteiger partial charge is 0.370 e. The SMILES string of the molecule is CCc1c(C(=O)N=C(N)N)ccc(-c2ccccn2)c1S(C)(=O)=O. The van der Waals surface area contributed by atoms with E-state index < -0.39 is 15.7 Å². The molecule has 0 unspecified atom stereocenters. The molecule has 2 aromatic rings. The van der Waals surface area contributed by atoms with E-state index in [9.17, 15) is 13.2 Å². The number of sulfone groups is 1. The van der Waals surface area contributed by atoms with Crippen molar-refractivity contribution in [3.8, 4) is 11.3 Å². The molecule has 126 valence electrons. The smallest absolute Gasteiger partial charge is 0.280 e. The van der Waals surface area contributed by atoms with Crippen LogP contribution in [0, 0.1) is 0 Å². The standard InChI is InChI=1S/C16H18N4O3S/c1-3-10-11(15(21)20-16(17)18)7-8-12(14(10)24(2,22)23)13-6-4-5-9-19-13/h4-9H,3H2,1-2H3,(H4,17,18,20,21). The number of nitrogens with zero attached hydrogens (tertiary/aromatic N) is 2. The molecule has 0 aliphatic heterocycles. The van der Waals surface area contributed by atoms with Gasteiger partial charge in [-0.3, -0.25) is 9.78 Å².